The summed E-state index contributed by atoms with van der Waals surface area (Å²) < 4.78 is 31.8. The number of benzene rings is 2. The molecular formula is C17H11Cl2F2N5O. The molecule has 1 aliphatic rings. The van der Waals surface area contributed by atoms with Crippen LogP contribution < -0.4 is 10.1 Å². The van der Waals surface area contributed by atoms with E-state index in [0.717, 1.165) is 5.56 Å². The van der Waals surface area contributed by atoms with Crippen LogP contribution in [0, 0.1) is 0 Å². The standard InChI is InChI=1S/C17H11Cl2F2N5O/c18-10-3-1-9(2-4-10)14-8-13(22-17-23-24-25-26(14)17)12-6-5-11(19)7-15(12)27-16(20)21/h1-8,14,16H,(H,22,23,25)/t14-/m0/s1. The molecule has 0 spiro atoms. The third-order valence-corrected chi connectivity index (χ3v) is 4.48. The monoisotopic (exact) mass is 409 g/mol. The third kappa shape index (κ3) is 3.58. The maximum absolute atomic E-state index is 12.8. The molecule has 1 atom stereocenters. The first-order valence-electron chi connectivity index (χ1n) is 7.78. The molecule has 0 aliphatic carbocycles. The van der Waals surface area contributed by atoms with Gasteiger partial charge in [-0.1, -0.05) is 40.4 Å². The van der Waals surface area contributed by atoms with Crippen LogP contribution in [0.5, 0.6) is 5.75 Å². The van der Waals surface area contributed by atoms with E-state index < -0.39 is 6.61 Å². The second-order valence-corrected chi connectivity index (χ2v) is 6.54. The first kappa shape index (κ1) is 17.7. The molecular weight excluding hydrogens is 399 g/mol. The molecule has 0 radical (unpaired) electrons. The van der Waals surface area contributed by atoms with Crippen LogP contribution in [0.1, 0.15) is 17.2 Å². The Morgan fingerprint density at radius 3 is 2.56 bits per heavy atom. The molecule has 0 amide bonds. The number of aromatic nitrogens is 4. The van der Waals surface area contributed by atoms with Gasteiger partial charge in [-0.05, 0) is 52.4 Å². The Bertz CT molecular complexity index is 1010. The average molecular weight is 410 g/mol. The number of hydrogen-bond donors (Lipinski definition) is 1. The SMILES string of the molecule is FC(F)Oc1cc(Cl)ccc1C1=C[C@@H](c2ccc(Cl)cc2)n2nnnc2N1. The summed E-state index contributed by atoms with van der Waals surface area (Å²) in [5, 5.41) is 15.5. The summed E-state index contributed by atoms with van der Waals surface area (Å²) in [6, 6.07) is 11.4. The fourth-order valence-electron chi connectivity index (χ4n) is 2.82. The number of tetrazole rings is 1. The summed E-state index contributed by atoms with van der Waals surface area (Å²) in [4.78, 5) is 0. The fourth-order valence-corrected chi connectivity index (χ4v) is 3.11. The summed E-state index contributed by atoms with van der Waals surface area (Å²) in [6.07, 6.45) is 1.81. The van der Waals surface area contributed by atoms with Crippen molar-refractivity contribution in [3.63, 3.8) is 0 Å². The van der Waals surface area contributed by atoms with Gasteiger partial charge in [0, 0.05) is 15.6 Å². The van der Waals surface area contributed by atoms with Gasteiger partial charge in [0.25, 0.3) is 0 Å². The largest absolute Gasteiger partial charge is 0.434 e. The summed E-state index contributed by atoms with van der Waals surface area (Å²) in [7, 11) is 0. The van der Waals surface area contributed by atoms with E-state index in [1.807, 2.05) is 18.2 Å². The molecule has 138 valence electrons. The molecule has 2 aromatic carbocycles. The highest BCUT2D eigenvalue weighted by atomic mass is 35.5. The number of anilines is 1. The van der Waals surface area contributed by atoms with Crippen LogP contribution >= 0.6 is 23.2 Å². The van der Waals surface area contributed by atoms with Crippen molar-refractivity contribution in [2.75, 3.05) is 5.32 Å². The van der Waals surface area contributed by atoms with Gasteiger partial charge in [0.1, 0.15) is 11.8 Å². The van der Waals surface area contributed by atoms with E-state index in [0.29, 0.717) is 22.2 Å². The van der Waals surface area contributed by atoms with Crippen LogP contribution in [0.3, 0.4) is 0 Å². The molecule has 1 N–H and O–H groups in total. The first-order valence-corrected chi connectivity index (χ1v) is 8.54. The highest BCUT2D eigenvalue weighted by Gasteiger charge is 2.26. The van der Waals surface area contributed by atoms with E-state index in [9.17, 15) is 8.78 Å². The number of allylic oxidation sites excluding steroid dienone is 1. The Hall–Kier alpha value is -2.71. The minimum atomic E-state index is -2.98. The maximum Gasteiger partial charge on any atom is 0.387 e. The predicted octanol–water partition coefficient (Wildman–Crippen LogP) is 4.64. The second kappa shape index (κ2) is 7.13. The average Bonchev–Trinajstić information content (AvgIpc) is 3.10. The molecule has 10 heteroatoms. The number of fused-ring (bicyclic) bond motifs is 1. The van der Waals surface area contributed by atoms with Crippen LogP contribution in [0.2, 0.25) is 10.0 Å². The summed E-state index contributed by atoms with van der Waals surface area (Å²) >= 11 is 11.9. The Labute approximate surface area is 162 Å². The maximum atomic E-state index is 12.8. The lowest BCUT2D eigenvalue weighted by Gasteiger charge is -2.24. The number of nitrogens with zero attached hydrogens (tertiary/aromatic N) is 4. The third-order valence-electron chi connectivity index (χ3n) is 3.99. The molecule has 1 aromatic heterocycles. The lowest BCUT2D eigenvalue weighted by molar-refractivity contribution is -0.0500. The fraction of sp³-hybridized carbons (Fsp3) is 0.118. The highest BCUT2D eigenvalue weighted by Crippen LogP contribution is 2.36. The van der Waals surface area contributed by atoms with Crippen molar-refractivity contribution >= 4 is 34.8 Å². The van der Waals surface area contributed by atoms with E-state index in [-0.39, 0.29) is 16.8 Å². The van der Waals surface area contributed by atoms with Crippen molar-refractivity contribution in [3.8, 4) is 5.75 Å². The molecule has 0 saturated heterocycles. The Balaban J connectivity index is 1.81. The number of alkyl halides is 2. The van der Waals surface area contributed by atoms with Crippen molar-refractivity contribution in [3.05, 3.63) is 69.7 Å². The van der Waals surface area contributed by atoms with Gasteiger partial charge in [-0.25, -0.2) is 0 Å². The number of ether oxygens (including phenoxy) is 1. The molecule has 0 fully saturated rings. The van der Waals surface area contributed by atoms with Crippen molar-refractivity contribution in [2.45, 2.75) is 12.7 Å². The molecule has 4 rings (SSSR count). The summed E-state index contributed by atoms with van der Waals surface area (Å²) in [6.45, 7) is -2.98. The van der Waals surface area contributed by atoms with Gasteiger partial charge >= 0.3 is 6.61 Å². The van der Waals surface area contributed by atoms with Crippen molar-refractivity contribution < 1.29 is 13.5 Å². The first-order chi connectivity index (χ1) is 13.0. The summed E-state index contributed by atoms with van der Waals surface area (Å²) in [5.74, 6) is 0.317. The van der Waals surface area contributed by atoms with E-state index in [2.05, 4.69) is 25.6 Å². The Morgan fingerprint density at radius 1 is 1.07 bits per heavy atom. The lowest BCUT2D eigenvalue weighted by Crippen LogP contribution is -2.20. The predicted molar refractivity (Wildman–Crippen MR) is 97.1 cm³/mol. The van der Waals surface area contributed by atoms with Gasteiger partial charge in [0.2, 0.25) is 5.95 Å². The smallest absolute Gasteiger partial charge is 0.387 e. The second-order valence-electron chi connectivity index (χ2n) is 5.67. The van der Waals surface area contributed by atoms with Gasteiger partial charge in [0.15, 0.2) is 0 Å². The topological polar surface area (TPSA) is 64.9 Å². The Morgan fingerprint density at radius 2 is 1.81 bits per heavy atom. The van der Waals surface area contributed by atoms with E-state index in [4.69, 9.17) is 23.2 Å². The Kier molecular flexibility index (Phi) is 4.67. The van der Waals surface area contributed by atoms with Crippen LogP contribution in [0.25, 0.3) is 5.70 Å². The lowest BCUT2D eigenvalue weighted by atomic mass is 10.0. The highest BCUT2D eigenvalue weighted by molar-refractivity contribution is 6.31. The molecule has 0 saturated carbocycles. The van der Waals surface area contributed by atoms with Gasteiger partial charge in [-0.2, -0.15) is 13.5 Å². The molecule has 0 unspecified atom stereocenters. The van der Waals surface area contributed by atoms with E-state index in [1.165, 1.54) is 6.07 Å². The van der Waals surface area contributed by atoms with Gasteiger partial charge in [-0.15, -0.1) is 0 Å². The van der Waals surface area contributed by atoms with Gasteiger partial charge < -0.3 is 10.1 Å². The molecule has 2 heterocycles. The van der Waals surface area contributed by atoms with Crippen LogP contribution in [-0.2, 0) is 0 Å². The number of nitrogens with one attached hydrogen (secondary N) is 1. The van der Waals surface area contributed by atoms with Gasteiger partial charge in [0.05, 0.1) is 5.70 Å². The molecule has 0 bridgehead atoms. The zero-order chi connectivity index (χ0) is 19.0. The van der Waals surface area contributed by atoms with Crippen LogP contribution in [0.4, 0.5) is 14.7 Å². The normalized spacial score (nSPS) is 15.9. The molecule has 3 aromatic rings. The molecule has 27 heavy (non-hydrogen) atoms. The minimum Gasteiger partial charge on any atom is -0.434 e. The van der Waals surface area contributed by atoms with Crippen molar-refractivity contribution in [1.29, 1.82) is 0 Å². The quantitative estimate of drug-likeness (QED) is 0.679. The van der Waals surface area contributed by atoms with Crippen molar-refractivity contribution in [1.82, 2.24) is 20.2 Å². The summed E-state index contributed by atoms with van der Waals surface area (Å²) in [5.41, 5.74) is 1.80. The zero-order valence-corrected chi connectivity index (χ0v) is 15.0. The van der Waals surface area contributed by atoms with E-state index in [1.54, 1.807) is 28.9 Å². The number of hydrogen-bond acceptors (Lipinski definition) is 5. The van der Waals surface area contributed by atoms with Gasteiger partial charge in [-0.3, -0.25) is 0 Å². The zero-order valence-electron chi connectivity index (χ0n) is 13.5. The van der Waals surface area contributed by atoms with Crippen LogP contribution in [0.15, 0.2) is 48.5 Å². The molecule has 1 aliphatic heterocycles. The minimum absolute atomic E-state index is 0.0490. The number of rotatable bonds is 4. The van der Waals surface area contributed by atoms with Crippen molar-refractivity contribution in [2.24, 2.45) is 0 Å². The number of halogens is 4. The van der Waals surface area contributed by atoms with E-state index >= 15 is 0 Å². The van der Waals surface area contributed by atoms with Crippen LogP contribution in [-0.4, -0.2) is 26.8 Å². The molecule has 6 nitrogen and oxygen atoms in total.